The average Bonchev–Trinajstić information content (AvgIpc) is 3.33. The predicted octanol–water partition coefficient (Wildman–Crippen LogP) is 4.99. The van der Waals surface area contributed by atoms with Crippen LogP contribution in [0.3, 0.4) is 0 Å². The number of anilines is 2. The Morgan fingerprint density at radius 1 is 1.07 bits per heavy atom. The van der Waals surface area contributed by atoms with E-state index in [2.05, 4.69) is 33.8 Å². The Morgan fingerprint density at radius 2 is 1.97 bits per heavy atom. The van der Waals surface area contributed by atoms with E-state index in [0.717, 1.165) is 34.7 Å². The normalized spacial score (nSPS) is 15.2. The molecule has 5 nitrogen and oxygen atoms in total. The summed E-state index contributed by atoms with van der Waals surface area (Å²) in [6, 6.07) is 11.9. The van der Waals surface area contributed by atoms with Crippen LogP contribution in [-0.4, -0.2) is 22.6 Å². The van der Waals surface area contributed by atoms with Crippen LogP contribution in [0.25, 0.3) is 11.3 Å². The number of carbonyl (C=O) groups is 2. The molecule has 0 bridgehead atoms. The van der Waals surface area contributed by atoms with Gasteiger partial charge in [-0.15, -0.1) is 23.1 Å². The number of hydrogen-bond donors (Lipinski definition) is 2. The van der Waals surface area contributed by atoms with Crippen molar-refractivity contribution in [1.29, 1.82) is 0 Å². The minimum Gasteiger partial charge on any atom is -0.325 e. The minimum atomic E-state index is -0.230. The second kappa shape index (κ2) is 7.65. The molecular formula is C22H19N3O2S2. The molecule has 2 aromatic carbocycles. The predicted molar refractivity (Wildman–Crippen MR) is 118 cm³/mol. The first-order valence-electron chi connectivity index (χ1n) is 9.61. The first-order valence-corrected chi connectivity index (χ1v) is 11.5. The van der Waals surface area contributed by atoms with Crippen molar-refractivity contribution in [2.45, 2.75) is 30.6 Å². The summed E-state index contributed by atoms with van der Waals surface area (Å²) >= 11 is 3.04. The topological polar surface area (TPSA) is 71.1 Å². The van der Waals surface area contributed by atoms with Gasteiger partial charge in [0.05, 0.1) is 11.4 Å². The van der Waals surface area contributed by atoms with Crippen LogP contribution in [0.4, 0.5) is 10.8 Å². The molecule has 146 valence electrons. The quantitative estimate of drug-likeness (QED) is 0.625. The van der Waals surface area contributed by atoms with Gasteiger partial charge in [0.15, 0.2) is 5.13 Å². The van der Waals surface area contributed by atoms with Gasteiger partial charge in [0.2, 0.25) is 5.91 Å². The molecule has 7 heteroatoms. The molecule has 1 aliphatic heterocycles. The molecule has 0 unspecified atom stereocenters. The van der Waals surface area contributed by atoms with Crippen molar-refractivity contribution in [3.8, 4) is 11.3 Å². The van der Waals surface area contributed by atoms with Gasteiger partial charge in [-0.1, -0.05) is 12.1 Å². The molecule has 29 heavy (non-hydrogen) atoms. The summed E-state index contributed by atoms with van der Waals surface area (Å²) in [7, 11) is 0. The van der Waals surface area contributed by atoms with E-state index in [1.165, 1.54) is 28.9 Å². The van der Waals surface area contributed by atoms with Gasteiger partial charge >= 0.3 is 0 Å². The maximum atomic E-state index is 12.7. The number of carbonyl (C=O) groups excluding carboxylic acids is 2. The molecule has 2 heterocycles. The van der Waals surface area contributed by atoms with Gasteiger partial charge < -0.3 is 5.32 Å². The molecular weight excluding hydrogens is 402 g/mol. The molecule has 0 saturated heterocycles. The molecule has 1 aliphatic carbocycles. The molecule has 2 N–H and O–H groups in total. The molecule has 2 aliphatic rings. The zero-order valence-electron chi connectivity index (χ0n) is 15.7. The number of nitrogens with zero attached hydrogens (tertiary/aromatic N) is 1. The lowest BCUT2D eigenvalue weighted by molar-refractivity contribution is -0.115. The zero-order chi connectivity index (χ0) is 19.8. The van der Waals surface area contributed by atoms with Gasteiger partial charge in [-0.05, 0) is 54.7 Å². The van der Waals surface area contributed by atoms with Crippen molar-refractivity contribution in [2.75, 3.05) is 16.4 Å². The molecule has 2 amide bonds. The second-order valence-electron chi connectivity index (χ2n) is 7.19. The summed E-state index contributed by atoms with van der Waals surface area (Å²) in [4.78, 5) is 30.1. The number of fused-ring (bicyclic) bond motifs is 2. The lowest BCUT2D eigenvalue weighted by Crippen LogP contribution is -2.14. The Labute approximate surface area is 176 Å². The summed E-state index contributed by atoms with van der Waals surface area (Å²) < 4.78 is 0. The Morgan fingerprint density at radius 3 is 2.90 bits per heavy atom. The third-order valence-electron chi connectivity index (χ3n) is 5.22. The number of rotatable bonds is 3. The fourth-order valence-corrected chi connectivity index (χ4v) is 5.38. The molecule has 3 aromatic rings. The van der Waals surface area contributed by atoms with E-state index in [1.54, 1.807) is 23.9 Å². The fraction of sp³-hybridized carbons (Fsp3) is 0.227. The van der Waals surface area contributed by atoms with Gasteiger partial charge in [0.1, 0.15) is 0 Å². The molecule has 0 spiro atoms. The van der Waals surface area contributed by atoms with E-state index in [1.807, 2.05) is 11.4 Å². The highest BCUT2D eigenvalue weighted by Gasteiger charge is 2.17. The third kappa shape index (κ3) is 3.80. The average molecular weight is 422 g/mol. The molecule has 0 saturated carbocycles. The number of benzene rings is 2. The van der Waals surface area contributed by atoms with Gasteiger partial charge in [-0.2, -0.15) is 0 Å². The Balaban J connectivity index is 1.33. The van der Waals surface area contributed by atoms with Crippen LogP contribution < -0.4 is 10.6 Å². The molecule has 0 radical (unpaired) electrons. The number of aromatic nitrogens is 1. The van der Waals surface area contributed by atoms with Crippen LogP contribution in [0.5, 0.6) is 0 Å². The molecule has 0 atom stereocenters. The number of nitrogens with one attached hydrogen (secondary N) is 2. The number of amides is 2. The Bertz CT molecular complexity index is 1120. The standard InChI is InChI=1S/C22H19N3O2S2/c26-20-8-9-28-19-7-6-16(11-17(19)23-20)21(27)25-22-24-18(12-29-22)15-5-4-13-2-1-3-14(13)10-15/h4-7,10-12H,1-3,8-9H2,(H,23,26)(H,24,25,27). The number of aryl methyl sites for hydroxylation is 2. The highest BCUT2D eigenvalue weighted by atomic mass is 32.2. The zero-order valence-corrected chi connectivity index (χ0v) is 17.3. The number of thiazole rings is 1. The summed E-state index contributed by atoms with van der Waals surface area (Å²) in [6.07, 6.45) is 3.99. The summed E-state index contributed by atoms with van der Waals surface area (Å²) in [5, 5.41) is 8.30. The Kier molecular flexibility index (Phi) is 4.85. The summed E-state index contributed by atoms with van der Waals surface area (Å²) in [5.41, 5.74) is 6.01. The van der Waals surface area contributed by atoms with E-state index < -0.39 is 0 Å². The smallest absolute Gasteiger partial charge is 0.257 e. The van der Waals surface area contributed by atoms with Gasteiger partial charge in [-0.25, -0.2) is 4.98 Å². The van der Waals surface area contributed by atoms with E-state index in [-0.39, 0.29) is 11.8 Å². The molecule has 5 rings (SSSR count). The van der Waals surface area contributed by atoms with E-state index >= 15 is 0 Å². The van der Waals surface area contributed by atoms with E-state index in [4.69, 9.17) is 0 Å². The van der Waals surface area contributed by atoms with Crippen molar-refractivity contribution in [3.05, 3.63) is 58.5 Å². The maximum absolute atomic E-state index is 12.7. The van der Waals surface area contributed by atoms with Crippen molar-refractivity contribution < 1.29 is 9.59 Å². The van der Waals surface area contributed by atoms with Crippen LogP contribution in [-0.2, 0) is 17.6 Å². The monoisotopic (exact) mass is 421 g/mol. The van der Waals surface area contributed by atoms with Gasteiger partial charge in [0, 0.05) is 33.6 Å². The van der Waals surface area contributed by atoms with Crippen LogP contribution in [0, 0.1) is 0 Å². The van der Waals surface area contributed by atoms with E-state index in [0.29, 0.717) is 22.8 Å². The minimum absolute atomic E-state index is 0.0206. The van der Waals surface area contributed by atoms with Crippen molar-refractivity contribution in [1.82, 2.24) is 4.98 Å². The number of thioether (sulfide) groups is 1. The van der Waals surface area contributed by atoms with E-state index in [9.17, 15) is 9.59 Å². The van der Waals surface area contributed by atoms with Crippen molar-refractivity contribution in [2.24, 2.45) is 0 Å². The van der Waals surface area contributed by atoms with Crippen LogP contribution >= 0.6 is 23.1 Å². The number of hydrogen-bond acceptors (Lipinski definition) is 5. The summed E-state index contributed by atoms with van der Waals surface area (Å²) in [5.74, 6) is 0.494. The van der Waals surface area contributed by atoms with Gasteiger partial charge in [0.25, 0.3) is 5.91 Å². The van der Waals surface area contributed by atoms with Crippen LogP contribution in [0.15, 0.2) is 46.7 Å². The van der Waals surface area contributed by atoms with Crippen LogP contribution in [0.2, 0.25) is 0 Å². The van der Waals surface area contributed by atoms with Gasteiger partial charge in [-0.3, -0.25) is 14.9 Å². The maximum Gasteiger partial charge on any atom is 0.257 e. The van der Waals surface area contributed by atoms with Crippen LogP contribution in [0.1, 0.15) is 34.3 Å². The first kappa shape index (κ1) is 18.4. The van der Waals surface area contributed by atoms with Crippen molar-refractivity contribution >= 4 is 45.7 Å². The summed E-state index contributed by atoms with van der Waals surface area (Å²) in [6.45, 7) is 0. The largest absolute Gasteiger partial charge is 0.325 e. The highest BCUT2D eigenvalue weighted by Crippen LogP contribution is 2.33. The Hall–Kier alpha value is -2.64. The molecule has 0 fully saturated rings. The first-order chi connectivity index (χ1) is 14.2. The lowest BCUT2D eigenvalue weighted by atomic mass is 10.1. The third-order valence-corrected chi connectivity index (χ3v) is 7.05. The van der Waals surface area contributed by atoms with Crippen molar-refractivity contribution in [3.63, 3.8) is 0 Å². The SMILES string of the molecule is O=C1CCSc2ccc(C(=O)Nc3nc(-c4ccc5c(c4)CCC5)cs3)cc2N1. The molecule has 1 aromatic heterocycles. The second-order valence-corrected chi connectivity index (χ2v) is 9.18. The highest BCUT2D eigenvalue weighted by molar-refractivity contribution is 7.99. The lowest BCUT2D eigenvalue weighted by Gasteiger charge is -2.08. The fourth-order valence-electron chi connectivity index (χ4n) is 3.73.